The summed E-state index contributed by atoms with van der Waals surface area (Å²) in [5, 5.41) is 13.4. The standard InChI is InChI=1S/C19H18N4O3S2/c1-26-14-7-5-13(6-8-14)21-17(25)19-23-22-18(28-19)16(24)20-11-12-3-9-15(27-2)10-4-12/h3-10H,11H2,1-2H3,(H,20,24)(H,21,25). The fourth-order valence-corrected chi connectivity index (χ4v) is 3.33. The molecular formula is C19H18N4O3S2. The van der Waals surface area contributed by atoms with Gasteiger partial charge in [0.25, 0.3) is 11.8 Å². The Balaban J connectivity index is 1.57. The number of rotatable bonds is 7. The van der Waals surface area contributed by atoms with E-state index in [1.807, 2.05) is 30.5 Å². The number of nitrogens with zero attached hydrogens (tertiary/aromatic N) is 2. The fraction of sp³-hybridized carbons (Fsp3) is 0.158. The van der Waals surface area contributed by atoms with Crippen LogP contribution in [-0.2, 0) is 6.54 Å². The van der Waals surface area contributed by atoms with Crippen molar-refractivity contribution in [2.24, 2.45) is 0 Å². The van der Waals surface area contributed by atoms with Gasteiger partial charge in [0.2, 0.25) is 10.0 Å². The van der Waals surface area contributed by atoms with Gasteiger partial charge in [-0.15, -0.1) is 22.0 Å². The van der Waals surface area contributed by atoms with E-state index in [4.69, 9.17) is 4.74 Å². The van der Waals surface area contributed by atoms with Crippen LogP contribution in [0.1, 0.15) is 25.2 Å². The molecule has 28 heavy (non-hydrogen) atoms. The molecule has 0 aliphatic heterocycles. The van der Waals surface area contributed by atoms with Gasteiger partial charge in [0.1, 0.15) is 5.75 Å². The van der Waals surface area contributed by atoms with E-state index >= 15 is 0 Å². The Morgan fingerprint density at radius 2 is 1.64 bits per heavy atom. The minimum Gasteiger partial charge on any atom is -0.497 e. The van der Waals surface area contributed by atoms with E-state index in [-0.39, 0.29) is 15.9 Å². The number of aromatic nitrogens is 2. The average molecular weight is 415 g/mol. The van der Waals surface area contributed by atoms with Gasteiger partial charge in [-0.3, -0.25) is 9.59 Å². The molecule has 144 valence electrons. The Hall–Kier alpha value is -2.91. The van der Waals surface area contributed by atoms with Crippen molar-refractivity contribution in [2.75, 3.05) is 18.7 Å². The van der Waals surface area contributed by atoms with Crippen molar-refractivity contribution >= 4 is 40.6 Å². The molecule has 1 heterocycles. The first-order valence-electron chi connectivity index (χ1n) is 8.29. The number of hydrogen-bond donors (Lipinski definition) is 2. The molecular weight excluding hydrogens is 396 g/mol. The normalized spacial score (nSPS) is 10.4. The van der Waals surface area contributed by atoms with Crippen LogP contribution >= 0.6 is 23.1 Å². The number of ether oxygens (including phenoxy) is 1. The maximum Gasteiger partial charge on any atom is 0.286 e. The van der Waals surface area contributed by atoms with E-state index in [2.05, 4.69) is 20.8 Å². The van der Waals surface area contributed by atoms with Gasteiger partial charge in [0, 0.05) is 17.1 Å². The van der Waals surface area contributed by atoms with E-state index in [0.717, 1.165) is 21.8 Å². The highest BCUT2D eigenvalue weighted by Gasteiger charge is 2.17. The van der Waals surface area contributed by atoms with Gasteiger partial charge in [-0.25, -0.2) is 0 Å². The topological polar surface area (TPSA) is 93.2 Å². The molecule has 0 bridgehead atoms. The van der Waals surface area contributed by atoms with Crippen molar-refractivity contribution in [3.8, 4) is 5.75 Å². The summed E-state index contributed by atoms with van der Waals surface area (Å²) in [6.07, 6.45) is 2.01. The van der Waals surface area contributed by atoms with Crippen LogP contribution in [0, 0.1) is 0 Å². The van der Waals surface area contributed by atoms with Gasteiger partial charge in [-0.1, -0.05) is 23.5 Å². The lowest BCUT2D eigenvalue weighted by Crippen LogP contribution is -2.22. The van der Waals surface area contributed by atoms with Crippen molar-refractivity contribution in [3.63, 3.8) is 0 Å². The Kier molecular flexibility index (Phi) is 6.62. The highest BCUT2D eigenvalue weighted by atomic mass is 32.2. The van der Waals surface area contributed by atoms with Gasteiger partial charge in [0.05, 0.1) is 7.11 Å². The third kappa shape index (κ3) is 5.08. The molecule has 3 aromatic rings. The molecule has 0 saturated carbocycles. The van der Waals surface area contributed by atoms with E-state index < -0.39 is 5.91 Å². The third-order valence-electron chi connectivity index (χ3n) is 3.77. The second-order valence-corrected chi connectivity index (χ2v) is 7.48. The molecule has 0 radical (unpaired) electrons. The SMILES string of the molecule is COc1ccc(NC(=O)c2nnc(C(=O)NCc3ccc(SC)cc3)s2)cc1. The number of hydrogen-bond acceptors (Lipinski definition) is 7. The lowest BCUT2D eigenvalue weighted by molar-refractivity contribution is 0.0948. The number of carbonyl (C=O) groups is 2. The summed E-state index contributed by atoms with van der Waals surface area (Å²) in [7, 11) is 1.57. The van der Waals surface area contributed by atoms with Crippen LogP contribution in [0.5, 0.6) is 5.75 Å². The van der Waals surface area contributed by atoms with Gasteiger partial charge in [0.15, 0.2) is 0 Å². The number of amides is 2. The predicted molar refractivity (Wildman–Crippen MR) is 110 cm³/mol. The monoisotopic (exact) mass is 414 g/mol. The third-order valence-corrected chi connectivity index (χ3v) is 5.44. The minimum absolute atomic E-state index is 0.116. The first-order chi connectivity index (χ1) is 13.6. The highest BCUT2D eigenvalue weighted by molar-refractivity contribution is 7.98. The molecule has 3 rings (SSSR count). The van der Waals surface area contributed by atoms with Gasteiger partial charge >= 0.3 is 0 Å². The van der Waals surface area contributed by atoms with Crippen molar-refractivity contribution in [3.05, 3.63) is 64.1 Å². The van der Waals surface area contributed by atoms with Crippen LogP contribution in [0.3, 0.4) is 0 Å². The number of methoxy groups -OCH3 is 1. The molecule has 0 aliphatic rings. The highest BCUT2D eigenvalue weighted by Crippen LogP contribution is 2.18. The van der Waals surface area contributed by atoms with Crippen LogP contribution < -0.4 is 15.4 Å². The van der Waals surface area contributed by atoms with Crippen LogP contribution in [0.15, 0.2) is 53.4 Å². The molecule has 0 unspecified atom stereocenters. The maximum absolute atomic E-state index is 12.3. The Morgan fingerprint density at radius 3 is 2.25 bits per heavy atom. The summed E-state index contributed by atoms with van der Waals surface area (Å²) in [4.78, 5) is 25.7. The fourth-order valence-electron chi connectivity index (χ4n) is 2.27. The Bertz CT molecular complexity index is 956. The molecule has 2 amide bonds. The molecule has 0 fully saturated rings. The molecule has 2 N–H and O–H groups in total. The molecule has 0 atom stereocenters. The van der Waals surface area contributed by atoms with Gasteiger partial charge in [-0.2, -0.15) is 0 Å². The van der Waals surface area contributed by atoms with Gasteiger partial charge < -0.3 is 15.4 Å². The zero-order valence-electron chi connectivity index (χ0n) is 15.3. The quantitative estimate of drug-likeness (QED) is 0.575. The summed E-state index contributed by atoms with van der Waals surface area (Å²) in [5.74, 6) is -0.0970. The van der Waals surface area contributed by atoms with E-state index in [0.29, 0.717) is 18.0 Å². The van der Waals surface area contributed by atoms with E-state index in [1.165, 1.54) is 0 Å². The lowest BCUT2D eigenvalue weighted by Gasteiger charge is -2.04. The number of thioether (sulfide) groups is 1. The second-order valence-electron chi connectivity index (χ2n) is 5.63. The van der Waals surface area contributed by atoms with E-state index in [1.54, 1.807) is 43.1 Å². The summed E-state index contributed by atoms with van der Waals surface area (Å²) >= 11 is 2.60. The first-order valence-corrected chi connectivity index (χ1v) is 10.3. The summed E-state index contributed by atoms with van der Waals surface area (Å²) in [5.41, 5.74) is 1.58. The Morgan fingerprint density at radius 1 is 1.00 bits per heavy atom. The molecule has 0 saturated heterocycles. The minimum atomic E-state index is -0.422. The second kappa shape index (κ2) is 9.34. The summed E-state index contributed by atoms with van der Waals surface area (Å²) in [6, 6.07) is 14.8. The number of nitrogens with one attached hydrogen (secondary N) is 2. The largest absolute Gasteiger partial charge is 0.497 e. The van der Waals surface area contributed by atoms with Crippen molar-refractivity contribution in [1.29, 1.82) is 0 Å². The lowest BCUT2D eigenvalue weighted by atomic mass is 10.2. The molecule has 0 aliphatic carbocycles. The molecule has 0 spiro atoms. The number of benzene rings is 2. The zero-order valence-corrected chi connectivity index (χ0v) is 16.9. The molecule has 7 nitrogen and oxygen atoms in total. The molecule has 1 aromatic heterocycles. The molecule has 9 heteroatoms. The van der Waals surface area contributed by atoms with Crippen LogP contribution in [0.25, 0.3) is 0 Å². The van der Waals surface area contributed by atoms with E-state index in [9.17, 15) is 9.59 Å². The first kappa shape index (κ1) is 19.8. The van der Waals surface area contributed by atoms with Crippen molar-refractivity contribution in [1.82, 2.24) is 15.5 Å². The van der Waals surface area contributed by atoms with Crippen LogP contribution in [-0.4, -0.2) is 35.4 Å². The number of anilines is 1. The predicted octanol–water partition coefficient (Wildman–Crippen LogP) is 3.45. The maximum atomic E-state index is 12.3. The average Bonchev–Trinajstić information content (AvgIpc) is 3.23. The Labute approximate surface area is 170 Å². The van der Waals surface area contributed by atoms with Crippen LogP contribution in [0.2, 0.25) is 0 Å². The zero-order chi connectivity index (χ0) is 19.9. The summed E-state index contributed by atoms with van der Waals surface area (Å²) < 4.78 is 5.08. The van der Waals surface area contributed by atoms with Crippen LogP contribution in [0.4, 0.5) is 5.69 Å². The molecule has 2 aromatic carbocycles. The van der Waals surface area contributed by atoms with Crippen molar-refractivity contribution < 1.29 is 14.3 Å². The smallest absolute Gasteiger partial charge is 0.286 e. The number of carbonyl (C=O) groups excluding carboxylic acids is 2. The summed E-state index contributed by atoms with van der Waals surface area (Å²) in [6.45, 7) is 0.375. The van der Waals surface area contributed by atoms with Gasteiger partial charge in [-0.05, 0) is 48.2 Å². The van der Waals surface area contributed by atoms with Crippen molar-refractivity contribution in [2.45, 2.75) is 11.4 Å².